The molecule has 2 aromatic heterocycles. The van der Waals surface area contributed by atoms with Gasteiger partial charge in [0.15, 0.2) is 0 Å². The molecule has 0 radical (unpaired) electrons. The zero-order valence-corrected chi connectivity index (χ0v) is 11.8. The SMILES string of the molecule is C=CCn1cc(-c2c(C#N)c(N)nc3c2CCCC3)cn1. The average molecular weight is 279 g/mol. The Hall–Kier alpha value is -2.61. The molecule has 0 amide bonds. The van der Waals surface area contributed by atoms with E-state index in [9.17, 15) is 5.26 Å². The highest BCUT2D eigenvalue weighted by Gasteiger charge is 2.22. The molecular weight excluding hydrogens is 262 g/mol. The van der Waals surface area contributed by atoms with Gasteiger partial charge in [0.2, 0.25) is 0 Å². The molecule has 0 aromatic carbocycles. The van der Waals surface area contributed by atoms with E-state index in [1.54, 1.807) is 17.0 Å². The number of aryl methyl sites for hydroxylation is 1. The molecule has 0 saturated carbocycles. The number of nitrogen functional groups attached to an aromatic ring is 1. The van der Waals surface area contributed by atoms with E-state index >= 15 is 0 Å². The number of nitrogens with zero attached hydrogens (tertiary/aromatic N) is 4. The molecule has 1 aliphatic carbocycles. The third-order valence-electron chi connectivity index (χ3n) is 3.85. The largest absolute Gasteiger partial charge is 0.383 e. The summed E-state index contributed by atoms with van der Waals surface area (Å²) in [5, 5.41) is 13.8. The fourth-order valence-electron chi connectivity index (χ4n) is 2.92. The van der Waals surface area contributed by atoms with E-state index < -0.39 is 0 Å². The number of aromatic nitrogens is 3. The summed E-state index contributed by atoms with van der Waals surface area (Å²) in [5.74, 6) is 0.324. The summed E-state index contributed by atoms with van der Waals surface area (Å²) in [6, 6.07) is 2.21. The van der Waals surface area contributed by atoms with Crippen LogP contribution in [0.2, 0.25) is 0 Å². The summed E-state index contributed by atoms with van der Waals surface area (Å²) in [4.78, 5) is 4.43. The van der Waals surface area contributed by atoms with E-state index in [4.69, 9.17) is 5.73 Å². The highest BCUT2D eigenvalue weighted by molar-refractivity contribution is 5.78. The molecule has 0 atom stereocenters. The van der Waals surface area contributed by atoms with Gasteiger partial charge in [0.05, 0.1) is 12.7 Å². The zero-order valence-electron chi connectivity index (χ0n) is 11.8. The van der Waals surface area contributed by atoms with E-state index in [1.165, 1.54) is 0 Å². The van der Waals surface area contributed by atoms with Crippen molar-refractivity contribution in [2.45, 2.75) is 32.2 Å². The quantitative estimate of drug-likeness (QED) is 0.875. The van der Waals surface area contributed by atoms with Crippen molar-refractivity contribution in [3.63, 3.8) is 0 Å². The second-order valence-corrected chi connectivity index (χ2v) is 5.23. The Bertz CT molecular complexity index is 736. The van der Waals surface area contributed by atoms with Gasteiger partial charge in [-0.1, -0.05) is 6.08 Å². The van der Waals surface area contributed by atoms with E-state index in [0.29, 0.717) is 17.9 Å². The minimum atomic E-state index is 0.324. The molecule has 1 aliphatic rings. The molecule has 3 rings (SSSR count). The fraction of sp³-hybridized carbons (Fsp3) is 0.312. The molecule has 0 saturated heterocycles. The van der Waals surface area contributed by atoms with Gasteiger partial charge in [-0.3, -0.25) is 4.68 Å². The molecular formula is C16H17N5. The summed E-state index contributed by atoms with van der Waals surface area (Å²) in [5.41, 5.74) is 10.5. The van der Waals surface area contributed by atoms with Crippen molar-refractivity contribution < 1.29 is 0 Å². The van der Waals surface area contributed by atoms with Gasteiger partial charge in [0, 0.05) is 23.0 Å². The number of hydrogen-bond acceptors (Lipinski definition) is 4. The van der Waals surface area contributed by atoms with Crippen LogP contribution >= 0.6 is 0 Å². The lowest BCUT2D eigenvalue weighted by molar-refractivity contribution is 0.670. The molecule has 5 nitrogen and oxygen atoms in total. The van der Waals surface area contributed by atoms with Gasteiger partial charge in [-0.15, -0.1) is 6.58 Å². The first-order valence-electron chi connectivity index (χ1n) is 7.09. The number of fused-ring (bicyclic) bond motifs is 1. The van der Waals surface area contributed by atoms with Crippen molar-refractivity contribution in [1.82, 2.24) is 14.8 Å². The van der Waals surface area contributed by atoms with Crippen molar-refractivity contribution in [1.29, 1.82) is 5.26 Å². The Labute approximate surface area is 123 Å². The second-order valence-electron chi connectivity index (χ2n) is 5.23. The number of nitriles is 1. The summed E-state index contributed by atoms with van der Waals surface area (Å²) in [7, 11) is 0. The third-order valence-corrected chi connectivity index (χ3v) is 3.85. The summed E-state index contributed by atoms with van der Waals surface area (Å²) in [6.07, 6.45) is 9.63. The van der Waals surface area contributed by atoms with E-state index in [1.807, 2.05) is 6.20 Å². The van der Waals surface area contributed by atoms with Gasteiger partial charge in [0.25, 0.3) is 0 Å². The number of pyridine rings is 1. The van der Waals surface area contributed by atoms with Crippen molar-refractivity contribution in [3.8, 4) is 17.2 Å². The number of hydrogen-bond donors (Lipinski definition) is 1. The minimum absolute atomic E-state index is 0.324. The van der Waals surface area contributed by atoms with Crippen LogP contribution in [-0.4, -0.2) is 14.8 Å². The Kier molecular flexibility index (Phi) is 3.44. The third kappa shape index (κ3) is 2.29. The monoisotopic (exact) mass is 279 g/mol. The lowest BCUT2D eigenvalue weighted by Gasteiger charge is -2.20. The second kappa shape index (κ2) is 5.41. The molecule has 0 bridgehead atoms. The van der Waals surface area contributed by atoms with E-state index in [-0.39, 0.29) is 0 Å². The van der Waals surface area contributed by atoms with Crippen molar-refractivity contribution in [3.05, 3.63) is 41.9 Å². The van der Waals surface area contributed by atoms with E-state index in [2.05, 4.69) is 22.7 Å². The topological polar surface area (TPSA) is 80.5 Å². The van der Waals surface area contributed by atoms with Crippen LogP contribution in [0.4, 0.5) is 5.82 Å². The standard InChI is InChI=1S/C16H17N5/c1-2-7-21-10-11(9-19-21)15-12-5-3-4-6-14(12)20-16(18)13(15)8-17/h2,9-10H,1,3-7H2,(H2,18,20). The fourth-order valence-corrected chi connectivity index (χ4v) is 2.92. The normalized spacial score (nSPS) is 13.5. The van der Waals surface area contributed by atoms with Crippen molar-refractivity contribution >= 4 is 5.82 Å². The van der Waals surface area contributed by atoms with Crippen LogP contribution in [-0.2, 0) is 19.4 Å². The summed E-state index contributed by atoms with van der Waals surface area (Å²) >= 11 is 0. The maximum Gasteiger partial charge on any atom is 0.142 e. The predicted molar refractivity (Wildman–Crippen MR) is 81.4 cm³/mol. The lowest BCUT2D eigenvalue weighted by atomic mass is 9.87. The molecule has 0 aliphatic heterocycles. The number of anilines is 1. The highest BCUT2D eigenvalue weighted by atomic mass is 15.3. The molecule has 106 valence electrons. The van der Waals surface area contributed by atoms with Crippen LogP contribution in [0.5, 0.6) is 0 Å². The van der Waals surface area contributed by atoms with Crippen LogP contribution in [0.3, 0.4) is 0 Å². The number of nitrogens with two attached hydrogens (primary N) is 1. The predicted octanol–water partition coefficient (Wildman–Crippen LogP) is 2.46. The summed E-state index contributed by atoms with van der Waals surface area (Å²) in [6.45, 7) is 4.36. The smallest absolute Gasteiger partial charge is 0.142 e. The maximum atomic E-state index is 9.46. The number of allylic oxidation sites excluding steroid dienone is 1. The van der Waals surface area contributed by atoms with Gasteiger partial charge < -0.3 is 5.73 Å². The first-order valence-corrected chi connectivity index (χ1v) is 7.09. The minimum Gasteiger partial charge on any atom is -0.383 e. The van der Waals surface area contributed by atoms with Crippen LogP contribution in [0, 0.1) is 11.3 Å². The van der Waals surface area contributed by atoms with Gasteiger partial charge in [-0.25, -0.2) is 4.98 Å². The molecule has 2 aromatic rings. The van der Waals surface area contributed by atoms with Crippen molar-refractivity contribution in [2.24, 2.45) is 0 Å². The first kappa shape index (κ1) is 13.4. The van der Waals surface area contributed by atoms with E-state index in [0.717, 1.165) is 48.1 Å². The molecule has 2 N–H and O–H groups in total. The van der Waals surface area contributed by atoms with Gasteiger partial charge in [-0.05, 0) is 31.2 Å². The first-order chi connectivity index (χ1) is 10.2. The maximum absolute atomic E-state index is 9.46. The van der Waals surface area contributed by atoms with Crippen LogP contribution in [0.15, 0.2) is 25.0 Å². The Morgan fingerprint density at radius 3 is 3.00 bits per heavy atom. The average Bonchev–Trinajstić information content (AvgIpc) is 2.94. The van der Waals surface area contributed by atoms with Crippen molar-refractivity contribution in [2.75, 3.05) is 5.73 Å². The van der Waals surface area contributed by atoms with Gasteiger partial charge >= 0.3 is 0 Å². The molecule has 0 unspecified atom stereocenters. The van der Waals surface area contributed by atoms with Crippen LogP contribution in [0.1, 0.15) is 29.7 Å². The van der Waals surface area contributed by atoms with Gasteiger partial charge in [-0.2, -0.15) is 10.4 Å². The number of rotatable bonds is 3. The lowest BCUT2D eigenvalue weighted by Crippen LogP contribution is -2.11. The molecule has 2 heterocycles. The molecule has 5 heteroatoms. The Morgan fingerprint density at radius 2 is 2.24 bits per heavy atom. The van der Waals surface area contributed by atoms with Gasteiger partial charge in [0.1, 0.15) is 17.5 Å². The Morgan fingerprint density at radius 1 is 1.43 bits per heavy atom. The van der Waals surface area contributed by atoms with Crippen LogP contribution < -0.4 is 5.73 Å². The Balaban J connectivity index is 2.21. The summed E-state index contributed by atoms with van der Waals surface area (Å²) < 4.78 is 1.80. The molecule has 21 heavy (non-hydrogen) atoms. The van der Waals surface area contributed by atoms with Crippen LogP contribution in [0.25, 0.3) is 11.1 Å². The highest BCUT2D eigenvalue weighted by Crippen LogP contribution is 2.35. The molecule has 0 spiro atoms. The molecule has 0 fully saturated rings. The zero-order chi connectivity index (χ0) is 14.8.